The van der Waals surface area contributed by atoms with E-state index in [-0.39, 0.29) is 23.5 Å². The molecule has 0 aromatic heterocycles. The molecule has 0 aliphatic carbocycles. The van der Waals surface area contributed by atoms with Crippen molar-refractivity contribution in [3.05, 3.63) is 54.1 Å². The summed E-state index contributed by atoms with van der Waals surface area (Å²) in [7, 11) is 1.36. The first-order valence-corrected chi connectivity index (χ1v) is 8.80. The largest absolute Gasteiger partial charge is 0.490 e. The highest BCUT2D eigenvalue weighted by Gasteiger charge is 2.24. The molecule has 0 aliphatic rings. The Morgan fingerprint density at radius 2 is 1.26 bits per heavy atom. The molecule has 2 rings (SSSR count). The first-order chi connectivity index (χ1) is 12.8. The normalized spacial score (nSPS) is 10.6. The van der Waals surface area contributed by atoms with Crippen molar-refractivity contribution in [2.45, 2.75) is 39.9 Å². The van der Waals surface area contributed by atoms with E-state index in [1.54, 1.807) is 48.5 Å². The fourth-order valence-corrected chi connectivity index (χ4v) is 2.31. The molecule has 0 atom stereocenters. The summed E-state index contributed by atoms with van der Waals surface area (Å²) in [6.07, 6.45) is -0.986. The van der Waals surface area contributed by atoms with Gasteiger partial charge in [0.15, 0.2) is 11.5 Å². The van der Waals surface area contributed by atoms with Crippen LogP contribution in [0.1, 0.15) is 38.1 Å². The SMILES string of the molecule is CC(C)Oc1ccccc1OC(=O)N(C)C(=O)c1ccccc1OC(C)C. The molecule has 6 heteroatoms. The molecule has 0 radical (unpaired) electrons. The molecule has 6 nitrogen and oxygen atoms in total. The molecule has 0 bridgehead atoms. The zero-order chi connectivity index (χ0) is 20.0. The number of benzene rings is 2. The van der Waals surface area contributed by atoms with Crippen molar-refractivity contribution < 1.29 is 23.8 Å². The lowest BCUT2D eigenvalue weighted by Crippen LogP contribution is -2.35. The Balaban J connectivity index is 2.18. The minimum absolute atomic E-state index is 0.0794. The van der Waals surface area contributed by atoms with Crippen molar-refractivity contribution in [1.29, 1.82) is 0 Å². The summed E-state index contributed by atoms with van der Waals surface area (Å²) in [5.41, 5.74) is 0.289. The van der Waals surface area contributed by atoms with Gasteiger partial charge in [-0.2, -0.15) is 0 Å². The van der Waals surface area contributed by atoms with Crippen molar-refractivity contribution in [3.8, 4) is 17.2 Å². The first kappa shape index (κ1) is 20.3. The standard InChI is InChI=1S/C21H25NO5/c1-14(2)25-17-11-7-6-10-16(17)20(23)22(5)21(24)27-19-13-9-8-12-18(19)26-15(3)4/h6-15H,1-5H3. The molecule has 0 aliphatic heterocycles. The zero-order valence-electron chi connectivity index (χ0n) is 16.3. The van der Waals surface area contributed by atoms with E-state index in [4.69, 9.17) is 14.2 Å². The van der Waals surface area contributed by atoms with Crippen LogP contribution in [-0.2, 0) is 0 Å². The monoisotopic (exact) mass is 371 g/mol. The van der Waals surface area contributed by atoms with Gasteiger partial charge in [0, 0.05) is 7.05 Å². The van der Waals surface area contributed by atoms with Gasteiger partial charge in [-0.05, 0) is 52.0 Å². The summed E-state index contributed by atoms with van der Waals surface area (Å²) in [6.45, 7) is 7.48. The summed E-state index contributed by atoms with van der Waals surface area (Å²) >= 11 is 0. The second kappa shape index (κ2) is 9.07. The van der Waals surface area contributed by atoms with Gasteiger partial charge in [-0.15, -0.1) is 0 Å². The third-order valence-electron chi connectivity index (χ3n) is 3.47. The van der Waals surface area contributed by atoms with Crippen molar-refractivity contribution in [3.63, 3.8) is 0 Å². The molecule has 0 spiro atoms. The van der Waals surface area contributed by atoms with Gasteiger partial charge in [0.1, 0.15) is 5.75 Å². The van der Waals surface area contributed by atoms with Gasteiger partial charge in [0.05, 0.1) is 17.8 Å². The molecule has 2 aromatic rings. The van der Waals surface area contributed by atoms with Gasteiger partial charge >= 0.3 is 6.09 Å². The van der Waals surface area contributed by atoms with Gasteiger partial charge in [-0.1, -0.05) is 24.3 Å². The molecule has 0 unspecified atom stereocenters. The maximum atomic E-state index is 12.8. The smallest absolute Gasteiger partial charge is 0.422 e. The second-order valence-corrected chi connectivity index (χ2v) is 6.51. The number of rotatable bonds is 6. The van der Waals surface area contributed by atoms with Crippen LogP contribution in [0.25, 0.3) is 0 Å². The van der Waals surface area contributed by atoms with Crippen LogP contribution in [0.15, 0.2) is 48.5 Å². The fraction of sp³-hybridized carbons (Fsp3) is 0.333. The number of para-hydroxylation sites is 3. The lowest BCUT2D eigenvalue weighted by atomic mass is 10.2. The molecule has 0 heterocycles. The van der Waals surface area contributed by atoms with Crippen LogP contribution in [0.4, 0.5) is 4.79 Å². The van der Waals surface area contributed by atoms with Gasteiger partial charge in [-0.25, -0.2) is 9.69 Å². The summed E-state index contributed by atoms with van der Waals surface area (Å²) < 4.78 is 16.7. The summed E-state index contributed by atoms with van der Waals surface area (Å²) in [4.78, 5) is 26.2. The molecule has 2 amide bonds. The molecule has 2 aromatic carbocycles. The number of hydrogen-bond acceptors (Lipinski definition) is 5. The molecule has 144 valence electrons. The van der Waals surface area contributed by atoms with Crippen molar-refractivity contribution in [2.75, 3.05) is 7.05 Å². The van der Waals surface area contributed by atoms with Gasteiger partial charge in [0.2, 0.25) is 0 Å². The number of ether oxygens (including phenoxy) is 3. The Morgan fingerprint density at radius 3 is 1.85 bits per heavy atom. The number of imide groups is 1. The van der Waals surface area contributed by atoms with E-state index in [9.17, 15) is 9.59 Å². The number of hydrogen-bond donors (Lipinski definition) is 0. The Labute approximate surface area is 159 Å². The maximum Gasteiger partial charge on any atom is 0.422 e. The van der Waals surface area contributed by atoms with E-state index in [0.717, 1.165) is 4.90 Å². The first-order valence-electron chi connectivity index (χ1n) is 8.80. The quantitative estimate of drug-likeness (QED) is 0.746. The summed E-state index contributed by atoms with van der Waals surface area (Å²) in [5.74, 6) is 0.590. The highest BCUT2D eigenvalue weighted by molar-refractivity contribution is 6.04. The molecule has 0 saturated carbocycles. The van der Waals surface area contributed by atoms with Crippen LogP contribution < -0.4 is 14.2 Å². The Bertz CT molecular complexity index is 801. The van der Waals surface area contributed by atoms with Gasteiger partial charge < -0.3 is 14.2 Å². The lowest BCUT2D eigenvalue weighted by Gasteiger charge is -2.19. The van der Waals surface area contributed by atoms with E-state index in [1.165, 1.54) is 7.05 Å². The number of nitrogens with zero attached hydrogens (tertiary/aromatic N) is 1. The van der Waals surface area contributed by atoms with E-state index in [0.29, 0.717) is 11.5 Å². The third kappa shape index (κ3) is 5.48. The number of carbonyl (C=O) groups excluding carboxylic acids is 2. The van der Waals surface area contributed by atoms with Crippen molar-refractivity contribution in [2.24, 2.45) is 0 Å². The van der Waals surface area contributed by atoms with Crippen LogP contribution in [0.2, 0.25) is 0 Å². The van der Waals surface area contributed by atoms with Crippen LogP contribution in [0.3, 0.4) is 0 Å². The van der Waals surface area contributed by atoms with E-state index in [2.05, 4.69) is 0 Å². The Kier molecular flexibility index (Phi) is 6.82. The highest BCUT2D eigenvalue weighted by Crippen LogP contribution is 2.28. The molecule has 0 fully saturated rings. The topological polar surface area (TPSA) is 65.1 Å². The third-order valence-corrected chi connectivity index (χ3v) is 3.47. The van der Waals surface area contributed by atoms with Crippen LogP contribution in [0.5, 0.6) is 17.2 Å². The molecular weight excluding hydrogens is 346 g/mol. The Hall–Kier alpha value is -3.02. The number of carbonyl (C=O) groups is 2. The predicted octanol–water partition coefficient (Wildman–Crippen LogP) is 4.53. The molecule has 0 N–H and O–H groups in total. The Morgan fingerprint density at radius 1 is 0.778 bits per heavy atom. The van der Waals surface area contributed by atoms with Crippen LogP contribution in [-0.4, -0.2) is 36.2 Å². The van der Waals surface area contributed by atoms with Crippen molar-refractivity contribution >= 4 is 12.0 Å². The molecule has 0 saturated heterocycles. The van der Waals surface area contributed by atoms with Crippen LogP contribution >= 0.6 is 0 Å². The average Bonchev–Trinajstić information content (AvgIpc) is 2.61. The molecule has 27 heavy (non-hydrogen) atoms. The van der Waals surface area contributed by atoms with Gasteiger partial charge in [-0.3, -0.25) is 4.79 Å². The van der Waals surface area contributed by atoms with Gasteiger partial charge in [0.25, 0.3) is 5.91 Å². The maximum absolute atomic E-state index is 12.8. The second-order valence-electron chi connectivity index (χ2n) is 6.51. The fourth-order valence-electron chi connectivity index (χ4n) is 2.31. The highest BCUT2D eigenvalue weighted by atomic mass is 16.6. The van der Waals surface area contributed by atoms with E-state index >= 15 is 0 Å². The predicted molar refractivity (Wildman–Crippen MR) is 103 cm³/mol. The van der Waals surface area contributed by atoms with Crippen LogP contribution in [0, 0.1) is 0 Å². The van der Waals surface area contributed by atoms with E-state index < -0.39 is 12.0 Å². The minimum atomic E-state index is -0.806. The molecular formula is C21H25NO5. The number of amides is 2. The van der Waals surface area contributed by atoms with E-state index in [1.807, 2.05) is 27.7 Å². The minimum Gasteiger partial charge on any atom is -0.490 e. The average molecular weight is 371 g/mol. The lowest BCUT2D eigenvalue weighted by molar-refractivity contribution is 0.0782. The van der Waals surface area contributed by atoms with Crippen molar-refractivity contribution in [1.82, 2.24) is 4.90 Å². The summed E-state index contributed by atoms with van der Waals surface area (Å²) in [5, 5.41) is 0. The zero-order valence-corrected chi connectivity index (χ0v) is 16.3. The summed E-state index contributed by atoms with van der Waals surface area (Å²) in [6, 6.07) is 13.6.